The number of hydrogen-bond donors (Lipinski definition) is 0. The first-order valence-corrected chi connectivity index (χ1v) is 8.12. The molecule has 1 atom stereocenters. The Morgan fingerprint density at radius 2 is 1.83 bits per heavy atom. The van der Waals surface area contributed by atoms with Crippen molar-refractivity contribution in [1.29, 1.82) is 0 Å². The average molecular weight is 321 g/mol. The maximum atomic E-state index is 5.42. The number of pyridine rings is 1. The lowest BCUT2D eigenvalue weighted by molar-refractivity contribution is 0.411. The fraction of sp³-hybridized carbons (Fsp3) is 0.300. The molecule has 2 aromatic heterocycles. The third-order valence-electron chi connectivity index (χ3n) is 4.49. The van der Waals surface area contributed by atoms with Gasteiger partial charge in [0.1, 0.15) is 11.6 Å². The topological polar surface area (TPSA) is 39.9 Å². The van der Waals surface area contributed by atoms with Crippen LogP contribution >= 0.6 is 0 Å². The predicted molar refractivity (Wildman–Crippen MR) is 96.5 cm³/mol. The van der Waals surface area contributed by atoms with Gasteiger partial charge >= 0.3 is 0 Å². The van der Waals surface area contributed by atoms with Crippen LogP contribution in [0.4, 0.5) is 0 Å². The van der Waals surface area contributed by atoms with Gasteiger partial charge in [0.2, 0.25) is 0 Å². The van der Waals surface area contributed by atoms with Gasteiger partial charge in [-0.2, -0.15) is 0 Å². The number of methoxy groups -OCH3 is 1. The number of aryl methyl sites for hydroxylation is 3. The summed E-state index contributed by atoms with van der Waals surface area (Å²) in [5.41, 5.74) is 5.59. The Hall–Kier alpha value is -2.62. The van der Waals surface area contributed by atoms with Crippen LogP contribution in [-0.4, -0.2) is 21.6 Å². The SMILES string of the molecule is COc1cc(C)c(-c2nccn2C(C)c2ccc(C)nc2)cc1C. The van der Waals surface area contributed by atoms with E-state index in [2.05, 4.69) is 53.5 Å². The Labute approximate surface area is 143 Å². The van der Waals surface area contributed by atoms with Gasteiger partial charge in [-0.3, -0.25) is 4.98 Å². The van der Waals surface area contributed by atoms with E-state index < -0.39 is 0 Å². The predicted octanol–water partition coefficient (Wildman–Crippen LogP) is 4.49. The molecule has 0 aliphatic rings. The third kappa shape index (κ3) is 2.92. The second-order valence-electron chi connectivity index (χ2n) is 6.20. The van der Waals surface area contributed by atoms with Gasteiger partial charge in [-0.25, -0.2) is 4.98 Å². The van der Waals surface area contributed by atoms with Crippen molar-refractivity contribution >= 4 is 0 Å². The summed E-state index contributed by atoms with van der Waals surface area (Å²) in [7, 11) is 1.70. The molecule has 4 nitrogen and oxygen atoms in total. The van der Waals surface area contributed by atoms with Crippen molar-refractivity contribution in [3.63, 3.8) is 0 Å². The second kappa shape index (κ2) is 6.48. The highest BCUT2D eigenvalue weighted by Crippen LogP contribution is 2.31. The van der Waals surface area contributed by atoms with Gasteiger partial charge in [0.15, 0.2) is 0 Å². The molecule has 1 unspecified atom stereocenters. The minimum Gasteiger partial charge on any atom is -0.496 e. The maximum Gasteiger partial charge on any atom is 0.140 e. The summed E-state index contributed by atoms with van der Waals surface area (Å²) in [6.45, 7) is 8.32. The first kappa shape index (κ1) is 16.2. The number of ether oxygens (including phenoxy) is 1. The van der Waals surface area contributed by atoms with Crippen LogP contribution in [0, 0.1) is 20.8 Å². The fourth-order valence-corrected chi connectivity index (χ4v) is 2.97. The molecular formula is C20H23N3O. The lowest BCUT2D eigenvalue weighted by Crippen LogP contribution is -2.09. The zero-order valence-electron chi connectivity index (χ0n) is 14.9. The Morgan fingerprint density at radius 1 is 1.04 bits per heavy atom. The lowest BCUT2D eigenvalue weighted by atomic mass is 10.0. The van der Waals surface area contributed by atoms with Gasteiger partial charge in [-0.1, -0.05) is 6.07 Å². The molecule has 2 heterocycles. The third-order valence-corrected chi connectivity index (χ3v) is 4.49. The molecule has 0 aliphatic heterocycles. The number of benzene rings is 1. The molecule has 4 heteroatoms. The van der Waals surface area contributed by atoms with E-state index in [1.165, 1.54) is 5.56 Å². The van der Waals surface area contributed by atoms with E-state index in [1.54, 1.807) is 7.11 Å². The quantitative estimate of drug-likeness (QED) is 0.711. The summed E-state index contributed by atoms with van der Waals surface area (Å²) in [5, 5.41) is 0. The Kier molecular flexibility index (Phi) is 4.38. The van der Waals surface area contributed by atoms with Gasteiger partial charge in [0.05, 0.1) is 13.2 Å². The number of imidazole rings is 1. The Bertz CT molecular complexity index is 850. The van der Waals surface area contributed by atoms with Crippen LogP contribution in [0.1, 0.15) is 35.3 Å². The second-order valence-corrected chi connectivity index (χ2v) is 6.20. The van der Waals surface area contributed by atoms with E-state index in [-0.39, 0.29) is 6.04 Å². The Morgan fingerprint density at radius 3 is 2.50 bits per heavy atom. The van der Waals surface area contributed by atoms with Crippen molar-refractivity contribution in [2.75, 3.05) is 7.11 Å². The molecule has 0 bridgehead atoms. The van der Waals surface area contributed by atoms with Crippen molar-refractivity contribution in [3.8, 4) is 17.1 Å². The summed E-state index contributed by atoms with van der Waals surface area (Å²) >= 11 is 0. The molecule has 24 heavy (non-hydrogen) atoms. The summed E-state index contributed by atoms with van der Waals surface area (Å²) in [5.74, 6) is 1.87. The van der Waals surface area contributed by atoms with Crippen molar-refractivity contribution in [2.24, 2.45) is 0 Å². The van der Waals surface area contributed by atoms with Crippen LogP contribution in [0.3, 0.4) is 0 Å². The molecule has 0 radical (unpaired) electrons. The molecule has 0 N–H and O–H groups in total. The first-order valence-electron chi connectivity index (χ1n) is 8.12. The molecule has 1 aromatic carbocycles. The van der Waals surface area contributed by atoms with E-state index in [0.717, 1.165) is 34.0 Å². The number of hydrogen-bond acceptors (Lipinski definition) is 3. The van der Waals surface area contributed by atoms with Crippen molar-refractivity contribution in [3.05, 3.63) is 65.2 Å². The first-order chi connectivity index (χ1) is 11.5. The minimum atomic E-state index is 0.164. The molecule has 0 aliphatic carbocycles. The van der Waals surface area contributed by atoms with Crippen LogP contribution < -0.4 is 4.74 Å². The van der Waals surface area contributed by atoms with Crippen LogP contribution in [0.2, 0.25) is 0 Å². The van der Waals surface area contributed by atoms with Crippen molar-refractivity contribution in [2.45, 2.75) is 33.7 Å². The highest BCUT2D eigenvalue weighted by molar-refractivity contribution is 5.64. The fourth-order valence-electron chi connectivity index (χ4n) is 2.97. The van der Waals surface area contributed by atoms with Crippen LogP contribution in [0.5, 0.6) is 5.75 Å². The lowest BCUT2D eigenvalue weighted by Gasteiger charge is -2.18. The zero-order chi connectivity index (χ0) is 17.3. The van der Waals surface area contributed by atoms with Crippen LogP contribution in [0.15, 0.2) is 42.9 Å². The Balaban J connectivity index is 2.05. The zero-order valence-corrected chi connectivity index (χ0v) is 14.9. The molecule has 0 spiro atoms. The van der Waals surface area contributed by atoms with Gasteiger partial charge in [0.25, 0.3) is 0 Å². The summed E-state index contributed by atoms with van der Waals surface area (Å²) < 4.78 is 7.62. The molecule has 3 rings (SSSR count). The smallest absolute Gasteiger partial charge is 0.140 e. The monoisotopic (exact) mass is 321 g/mol. The maximum absolute atomic E-state index is 5.42. The molecule has 124 valence electrons. The summed E-state index contributed by atoms with van der Waals surface area (Å²) in [6, 6.07) is 8.56. The van der Waals surface area contributed by atoms with Gasteiger partial charge in [-0.15, -0.1) is 0 Å². The molecule has 0 saturated heterocycles. The van der Waals surface area contributed by atoms with Crippen LogP contribution in [-0.2, 0) is 0 Å². The number of nitrogens with zero attached hydrogens (tertiary/aromatic N) is 3. The molecule has 0 fully saturated rings. The average Bonchev–Trinajstić information content (AvgIpc) is 3.06. The largest absolute Gasteiger partial charge is 0.496 e. The number of aromatic nitrogens is 3. The van der Waals surface area contributed by atoms with E-state index in [4.69, 9.17) is 4.74 Å². The van der Waals surface area contributed by atoms with E-state index in [1.807, 2.05) is 31.6 Å². The van der Waals surface area contributed by atoms with Crippen molar-refractivity contribution in [1.82, 2.24) is 14.5 Å². The molecule has 0 amide bonds. The van der Waals surface area contributed by atoms with E-state index >= 15 is 0 Å². The normalized spacial score (nSPS) is 12.2. The van der Waals surface area contributed by atoms with Gasteiger partial charge in [-0.05, 0) is 62.6 Å². The van der Waals surface area contributed by atoms with Gasteiger partial charge in [0, 0.05) is 29.8 Å². The van der Waals surface area contributed by atoms with E-state index in [9.17, 15) is 0 Å². The molecular weight excluding hydrogens is 298 g/mol. The summed E-state index contributed by atoms with van der Waals surface area (Å²) in [4.78, 5) is 9.03. The number of rotatable bonds is 4. The highest BCUT2D eigenvalue weighted by Gasteiger charge is 2.16. The van der Waals surface area contributed by atoms with Gasteiger partial charge < -0.3 is 9.30 Å². The molecule has 3 aromatic rings. The standard InChI is InChI=1S/C20H23N3O/c1-13-11-19(24-5)14(2)10-18(13)20-21-8-9-23(20)16(4)17-7-6-15(3)22-12-17/h6-12,16H,1-5H3. The molecule has 0 saturated carbocycles. The minimum absolute atomic E-state index is 0.164. The van der Waals surface area contributed by atoms with Crippen LogP contribution in [0.25, 0.3) is 11.4 Å². The van der Waals surface area contributed by atoms with E-state index in [0.29, 0.717) is 0 Å². The highest BCUT2D eigenvalue weighted by atomic mass is 16.5. The van der Waals surface area contributed by atoms with Crippen molar-refractivity contribution < 1.29 is 4.74 Å². The summed E-state index contributed by atoms with van der Waals surface area (Å²) in [6.07, 6.45) is 5.82.